The molecule has 0 aromatic rings. The molecule has 0 saturated carbocycles. The summed E-state index contributed by atoms with van der Waals surface area (Å²) in [7, 11) is 4.27. The summed E-state index contributed by atoms with van der Waals surface area (Å²) < 4.78 is 0. The average molecular weight is 265 g/mol. The van der Waals surface area contributed by atoms with Crippen molar-refractivity contribution in [2.45, 2.75) is 25.0 Å². The van der Waals surface area contributed by atoms with Gasteiger partial charge >= 0.3 is 0 Å². The first-order chi connectivity index (χ1) is 6.63. The van der Waals surface area contributed by atoms with Gasteiger partial charge in [-0.05, 0) is 33.5 Å². The number of hydrogen-bond donors (Lipinski definition) is 1. The highest BCUT2D eigenvalue weighted by atomic mass is 79.9. The fourth-order valence-corrected chi connectivity index (χ4v) is 2.26. The summed E-state index contributed by atoms with van der Waals surface area (Å²) in [6.07, 6.45) is 2.37. The van der Waals surface area contributed by atoms with Crippen molar-refractivity contribution < 1.29 is 5.11 Å². The van der Waals surface area contributed by atoms with Crippen molar-refractivity contribution in [2.75, 3.05) is 39.1 Å². The van der Waals surface area contributed by atoms with E-state index in [4.69, 9.17) is 0 Å². The number of nitrogens with zero attached hydrogens (tertiary/aromatic N) is 2. The van der Waals surface area contributed by atoms with Crippen LogP contribution in [-0.2, 0) is 0 Å². The second-order valence-electron chi connectivity index (χ2n) is 4.31. The van der Waals surface area contributed by atoms with Gasteiger partial charge in [0.25, 0.3) is 0 Å². The summed E-state index contributed by atoms with van der Waals surface area (Å²) in [4.78, 5) is 4.63. The van der Waals surface area contributed by atoms with E-state index in [1.165, 1.54) is 19.4 Å². The lowest BCUT2D eigenvalue weighted by Gasteiger charge is -2.26. The van der Waals surface area contributed by atoms with Crippen molar-refractivity contribution >= 4 is 15.9 Å². The Morgan fingerprint density at radius 1 is 1.64 bits per heavy atom. The third-order valence-corrected chi connectivity index (χ3v) is 3.64. The molecule has 0 aromatic carbocycles. The zero-order valence-electron chi connectivity index (χ0n) is 9.12. The molecule has 2 unspecified atom stereocenters. The van der Waals surface area contributed by atoms with Gasteiger partial charge < -0.3 is 14.9 Å². The molecular weight excluding hydrogens is 244 g/mol. The standard InChI is InChI=1S/C10H21BrN2O/c1-12(8-10(14)6-11)7-9-4-3-5-13(9)2/h9-10,14H,3-8H2,1-2H3. The molecule has 0 bridgehead atoms. The molecule has 1 aliphatic heterocycles. The Labute approximate surface area is 95.2 Å². The molecule has 1 N–H and O–H groups in total. The molecule has 0 spiro atoms. The molecule has 0 amide bonds. The molecule has 1 heterocycles. The van der Waals surface area contributed by atoms with Crippen LogP contribution in [0, 0.1) is 0 Å². The summed E-state index contributed by atoms with van der Waals surface area (Å²) in [6, 6.07) is 0.683. The first kappa shape index (κ1) is 12.4. The fourth-order valence-electron chi connectivity index (χ4n) is 2.05. The predicted molar refractivity (Wildman–Crippen MR) is 62.9 cm³/mol. The molecule has 0 radical (unpaired) electrons. The van der Waals surface area contributed by atoms with Gasteiger partial charge in [0.05, 0.1) is 6.10 Å². The number of aliphatic hydroxyl groups excluding tert-OH is 1. The number of likely N-dealkylation sites (tertiary alicyclic amines) is 1. The van der Waals surface area contributed by atoms with Gasteiger partial charge in [-0.25, -0.2) is 0 Å². The first-order valence-electron chi connectivity index (χ1n) is 5.26. The number of aliphatic hydroxyl groups is 1. The molecule has 4 heteroatoms. The number of halogens is 1. The van der Waals surface area contributed by atoms with Crippen molar-refractivity contribution in [1.29, 1.82) is 0 Å². The Hall–Kier alpha value is 0.360. The molecule has 1 saturated heterocycles. The maximum atomic E-state index is 9.47. The summed E-state index contributed by atoms with van der Waals surface area (Å²) in [5.41, 5.74) is 0. The van der Waals surface area contributed by atoms with E-state index in [2.05, 4.69) is 39.8 Å². The Morgan fingerprint density at radius 2 is 2.36 bits per heavy atom. The normalized spacial score (nSPS) is 25.9. The van der Waals surface area contributed by atoms with Crippen LogP contribution in [0.25, 0.3) is 0 Å². The topological polar surface area (TPSA) is 26.7 Å². The Morgan fingerprint density at radius 3 is 2.86 bits per heavy atom. The largest absolute Gasteiger partial charge is 0.391 e. The average Bonchev–Trinajstić information content (AvgIpc) is 2.51. The van der Waals surface area contributed by atoms with Crippen molar-refractivity contribution in [1.82, 2.24) is 9.80 Å². The van der Waals surface area contributed by atoms with E-state index in [1.807, 2.05) is 0 Å². The van der Waals surface area contributed by atoms with Gasteiger partial charge in [-0.2, -0.15) is 0 Å². The van der Waals surface area contributed by atoms with E-state index in [-0.39, 0.29) is 6.10 Å². The van der Waals surface area contributed by atoms with E-state index in [0.717, 1.165) is 13.1 Å². The highest BCUT2D eigenvalue weighted by Crippen LogP contribution is 2.15. The molecule has 0 aromatic heterocycles. The molecule has 14 heavy (non-hydrogen) atoms. The molecule has 3 nitrogen and oxygen atoms in total. The second-order valence-corrected chi connectivity index (χ2v) is 4.95. The van der Waals surface area contributed by atoms with Crippen molar-refractivity contribution in [3.8, 4) is 0 Å². The van der Waals surface area contributed by atoms with Gasteiger partial charge in [0, 0.05) is 24.5 Å². The van der Waals surface area contributed by atoms with E-state index in [0.29, 0.717) is 11.4 Å². The van der Waals surface area contributed by atoms with Gasteiger partial charge in [0.2, 0.25) is 0 Å². The van der Waals surface area contributed by atoms with E-state index >= 15 is 0 Å². The van der Waals surface area contributed by atoms with Gasteiger partial charge in [0.1, 0.15) is 0 Å². The third-order valence-electron chi connectivity index (χ3n) is 2.89. The molecular formula is C10H21BrN2O. The lowest BCUT2D eigenvalue weighted by molar-refractivity contribution is 0.129. The Kier molecular flexibility index (Phi) is 5.38. The Bertz CT molecular complexity index is 168. The van der Waals surface area contributed by atoms with Crippen molar-refractivity contribution in [2.24, 2.45) is 0 Å². The smallest absolute Gasteiger partial charge is 0.0763 e. The molecule has 84 valence electrons. The minimum Gasteiger partial charge on any atom is -0.391 e. The number of rotatable bonds is 5. The van der Waals surface area contributed by atoms with Crippen LogP contribution in [-0.4, -0.2) is 66.1 Å². The summed E-state index contributed by atoms with van der Waals surface area (Å²) >= 11 is 3.28. The molecule has 1 aliphatic rings. The summed E-state index contributed by atoms with van der Waals surface area (Å²) in [5.74, 6) is 0. The maximum Gasteiger partial charge on any atom is 0.0763 e. The summed E-state index contributed by atoms with van der Waals surface area (Å²) in [6.45, 7) is 3.05. The molecule has 1 fully saturated rings. The van der Waals surface area contributed by atoms with Crippen molar-refractivity contribution in [3.05, 3.63) is 0 Å². The van der Waals surface area contributed by atoms with Gasteiger partial charge in [-0.1, -0.05) is 15.9 Å². The minimum atomic E-state index is -0.244. The monoisotopic (exact) mass is 264 g/mol. The minimum absolute atomic E-state index is 0.244. The maximum absolute atomic E-state index is 9.47. The molecule has 0 aliphatic carbocycles. The number of likely N-dealkylation sites (N-methyl/N-ethyl adjacent to an activating group) is 2. The van der Waals surface area contributed by atoms with Crippen LogP contribution in [0.15, 0.2) is 0 Å². The van der Waals surface area contributed by atoms with Crippen LogP contribution in [0.4, 0.5) is 0 Å². The van der Waals surface area contributed by atoms with E-state index in [9.17, 15) is 5.11 Å². The fraction of sp³-hybridized carbons (Fsp3) is 1.00. The molecule has 1 rings (SSSR count). The van der Waals surface area contributed by atoms with Crippen LogP contribution in [0.2, 0.25) is 0 Å². The third kappa shape index (κ3) is 3.85. The van der Waals surface area contributed by atoms with Crippen LogP contribution in [0.5, 0.6) is 0 Å². The zero-order valence-corrected chi connectivity index (χ0v) is 10.7. The number of alkyl halides is 1. The summed E-state index contributed by atoms with van der Waals surface area (Å²) in [5, 5.41) is 10.1. The number of hydrogen-bond acceptors (Lipinski definition) is 3. The Balaban J connectivity index is 2.22. The van der Waals surface area contributed by atoms with E-state index in [1.54, 1.807) is 0 Å². The van der Waals surface area contributed by atoms with E-state index < -0.39 is 0 Å². The lowest BCUT2D eigenvalue weighted by Crippen LogP contribution is -2.40. The van der Waals surface area contributed by atoms with Gasteiger partial charge in [-0.15, -0.1) is 0 Å². The predicted octanol–water partition coefficient (Wildman–Crippen LogP) is 0.768. The zero-order chi connectivity index (χ0) is 10.6. The van der Waals surface area contributed by atoms with Crippen LogP contribution in [0.3, 0.4) is 0 Å². The van der Waals surface area contributed by atoms with Gasteiger partial charge in [0.15, 0.2) is 0 Å². The SMILES string of the molecule is CN(CC(O)CBr)CC1CCCN1C. The van der Waals surface area contributed by atoms with Gasteiger partial charge in [-0.3, -0.25) is 0 Å². The second kappa shape index (κ2) is 6.05. The van der Waals surface area contributed by atoms with Crippen LogP contribution < -0.4 is 0 Å². The van der Waals surface area contributed by atoms with Crippen molar-refractivity contribution in [3.63, 3.8) is 0 Å². The highest BCUT2D eigenvalue weighted by molar-refractivity contribution is 9.09. The van der Waals surface area contributed by atoms with Crippen LogP contribution in [0.1, 0.15) is 12.8 Å². The first-order valence-corrected chi connectivity index (χ1v) is 6.38. The highest BCUT2D eigenvalue weighted by Gasteiger charge is 2.22. The molecule has 2 atom stereocenters. The van der Waals surface area contributed by atoms with Crippen LogP contribution >= 0.6 is 15.9 Å². The lowest BCUT2D eigenvalue weighted by atomic mass is 10.2. The quantitative estimate of drug-likeness (QED) is 0.744.